The van der Waals surface area contributed by atoms with Crippen LogP contribution in [0.3, 0.4) is 0 Å². The maximum absolute atomic E-state index is 12.5. The van der Waals surface area contributed by atoms with Crippen molar-refractivity contribution in [2.75, 3.05) is 13.2 Å². The minimum absolute atomic E-state index is 0.265. The summed E-state index contributed by atoms with van der Waals surface area (Å²) in [6.07, 6.45) is 1.80. The van der Waals surface area contributed by atoms with E-state index in [1.54, 1.807) is 48.5 Å². The van der Waals surface area contributed by atoms with Crippen molar-refractivity contribution in [2.45, 2.75) is 51.7 Å². The number of benzene rings is 2. The third kappa shape index (κ3) is 6.21. The molecule has 8 nitrogen and oxygen atoms in total. The van der Waals surface area contributed by atoms with Gasteiger partial charge in [0.1, 0.15) is 34.8 Å². The van der Waals surface area contributed by atoms with Crippen LogP contribution in [-0.2, 0) is 19.6 Å². The molecule has 0 saturated heterocycles. The molecule has 8 heteroatoms. The number of para-hydroxylation sites is 2. The highest BCUT2D eigenvalue weighted by molar-refractivity contribution is 5.92. The van der Waals surface area contributed by atoms with Gasteiger partial charge in [-0.2, -0.15) is 9.78 Å². The highest BCUT2D eigenvalue weighted by Crippen LogP contribution is 2.27. The summed E-state index contributed by atoms with van der Waals surface area (Å²) in [5.74, 6) is -0.495. The van der Waals surface area contributed by atoms with E-state index >= 15 is 0 Å². The molecule has 0 N–H and O–H groups in total. The lowest BCUT2D eigenvalue weighted by Crippen LogP contribution is -2.36. The second-order valence-corrected chi connectivity index (χ2v) is 7.15. The van der Waals surface area contributed by atoms with Crippen molar-refractivity contribution < 1.29 is 38.6 Å². The van der Waals surface area contributed by atoms with Crippen molar-refractivity contribution in [1.29, 1.82) is 0 Å². The molecule has 0 aliphatic heterocycles. The number of carbonyl (C=O) groups is 2. The zero-order valence-corrected chi connectivity index (χ0v) is 18.3. The first-order valence-corrected chi connectivity index (χ1v) is 10.8. The van der Waals surface area contributed by atoms with Crippen molar-refractivity contribution in [3.05, 3.63) is 59.7 Å². The third-order valence-corrected chi connectivity index (χ3v) is 4.95. The molecular weight excluding hydrogens is 416 g/mol. The predicted molar refractivity (Wildman–Crippen MR) is 114 cm³/mol. The van der Waals surface area contributed by atoms with Gasteiger partial charge in [-0.1, -0.05) is 37.1 Å². The molecule has 172 valence electrons. The van der Waals surface area contributed by atoms with Crippen molar-refractivity contribution in [2.24, 2.45) is 0 Å². The monoisotopic (exact) mass is 444 g/mol. The molecule has 0 aromatic heterocycles. The lowest BCUT2D eigenvalue weighted by molar-refractivity contribution is -0.352. The van der Waals surface area contributed by atoms with Gasteiger partial charge in [0.25, 0.3) is 0 Å². The van der Waals surface area contributed by atoms with Crippen LogP contribution in [0.5, 0.6) is 11.5 Å². The van der Waals surface area contributed by atoms with Gasteiger partial charge in [-0.3, -0.25) is 9.78 Å². The van der Waals surface area contributed by atoms with E-state index in [0.29, 0.717) is 37.6 Å². The Balaban J connectivity index is 1.57. The molecule has 0 heterocycles. The maximum atomic E-state index is 12.5. The standard InChI is InChI=1S/C24H28O8/c1-3-27-19-13-7-5-11-17(19)23(25)31-29-21-15-9-10-16-22(21)30-32-24(26)18-12-6-8-14-20(18)28-4-2/h5-8,11-14,21-22H,3-4,9-10,15-16H2,1-2H3. The highest BCUT2D eigenvalue weighted by Gasteiger charge is 2.32. The van der Waals surface area contributed by atoms with Gasteiger partial charge in [0.2, 0.25) is 0 Å². The Bertz CT molecular complexity index is 824. The molecule has 2 unspecified atom stereocenters. The van der Waals surface area contributed by atoms with E-state index in [4.69, 9.17) is 29.0 Å². The smallest absolute Gasteiger partial charge is 0.376 e. The van der Waals surface area contributed by atoms with Crippen LogP contribution < -0.4 is 9.47 Å². The zero-order chi connectivity index (χ0) is 22.8. The molecule has 1 aliphatic rings. The molecule has 3 rings (SSSR count). The quantitative estimate of drug-likeness (QED) is 0.386. The number of ether oxygens (including phenoxy) is 2. The fourth-order valence-electron chi connectivity index (χ4n) is 3.42. The van der Waals surface area contributed by atoms with Crippen LogP contribution in [-0.4, -0.2) is 37.4 Å². The minimum Gasteiger partial charge on any atom is -0.493 e. The molecule has 2 atom stereocenters. The first-order valence-electron chi connectivity index (χ1n) is 10.8. The Labute approximate surface area is 187 Å². The maximum Gasteiger partial charge on any atom is 0.376 e. The Morgan fingerprint density at radius 1 is 0.719 bits per heavy atom. The van der Waals surface area contributed by atoms with Gasteiger partial charge >= 0.3 is 11.9 Å². The van der Waals surface area contributed by atoms with E-state index < -0.39 is 24.1 Å². The molecule has 2 aromatic carbocycles. The average Bonchev–Trinajstić information content (AvgIpc) is 2.82. The summed E-state index contributed by atoms with van der Waals surface area (Å²) in [7, 11) is 0. The van der Waals surface area contributed by atoms with Gasteiger partial charge in [0, 0.05) is 0 Å². The van der Waals surface area contributed by atoms with Crippen LogP contribution in [0.2, 0.25) is 0 Å². The summed E-state index contributed by atoms with van der Waals surface area (Å²) in [6.45, 7) is 4.50. The molecule has 1 aliphatic carbocycles. The normalized spacial score (nSPS) is 17.9. The molecule has 1 saturated carbocycles. The molecule has 1 fully saturated rings. The van der Waals surface area contributed by atoms with E-state index in [9.17, 15) is 9.59 Å². The molecule has 32 heavy (non-hydrogen) atoms. The first-order chi connectivity index (χ1) is 15.6. The average molecular weight is 444 g/mol. The second-order valence-electron chi connectivity index (χ2n) is 7.15. The molecule has 0 amide bonds. The summed E-state index contributed by atoms with van der Waals surface area (Å²) in [5.41, 5.74) is 0.531. The number of hydrogen-bond acceptors (Lipinski definition) is 8. The number of rotatable bonds is 10. The Morgan fingerprint density at radius 2 is 1.12 bits per heavy atom. The SMILES string of the molecule is CCOc1ccccc1C(=O)OOC1CCCCC1OOC(=O)c1ccccc1OCC. The number of carbonyl (C=O) groups excluding carboxylic acids is 2. The van der Waals surface area contributed by atoms with E-state index in [1.165, 1.54) is 0 Å². The van der Waals surface area contributed by atoms with Gasteiger partial charge in [-0.15, -0.1) is 0 Å². The van der Waals surface area contributed by atoms with E-state index in [-0.39, 0.29) is 11.1 Å². The van der Waals surface area contributed by atoms with Crippen LogP contribution in [0.15, 0.2) is 48.5 Å². The van der Waals surface area contributed by atoms with Crippen LogP contribution in [0.4, 0.5) is 0 Å². The molecule has 0 spiro atoms. The van der Waals surface area contributed by atoms with Gasteiger partial charge in [-0.25, -0.2) is 9.59 Å². The van der Waals surface area contributed by atoms with Crippen molar-refractivity contribution in [3.8, 4) is 11.5 Å². The third-order valence-electron chi connectivity index (χ3n) is 4.95. The van der Waals surface area contributed by atoms with E-state index in [1.807, 2.05) is 13.8 Å². The predicted octanol–water partition coefficient (Wildman–Crippen LogP) is 4.67. The topological polar surface area (TPSA) is 89.5 Å². The largest absolute Gasteiger partial charge is 0.493 e. The van der Waals surface area contributed by atoms with Crippen LogP contribution >= 0.6 is 0 Å². The van der Waals surface area contributed by atoms with Gasteiger partial charge in [0.05, 0.1) is 13.2 Å². The summed E-state index contributed by atoms with van der Waals surface area (Å²) in [6, 6.07) is 13.5. The summed E-state index contributed by atoms with van der Waals surface area (Å²) < 4.78 is 10.9. The van der Waals surface area contributed by atoms with Crippen molar-refractivity contribution in [3.63, 3.8) is 0 Å². The first kappa shape index (κ1) is 23.6. The van der Waals surface area contributed by atoms with Gasteiger partial charge in [-0.05, 0) is 51.0 Å². The van der Waals surface area contributed by atoms with Crippen LogP contribution in [0, 0.1) is 0 Å². The van der Waals surface area contributed by atoms with Gasteiger partial charge in [0.15, 0.2) is 0 Å². The second kappa shape index (κ2) is 12.1. The highest BCUT2D eigenvalue weighted by atomic mass is 17.2. The summed E-state index contributed by atoms with van der Waals surface area (Å²) >= 11 is 0. The fraction of sp³-hybridized carbons (Fsp3) is 0.417. The Morgan fingerprint density at radius 3 is 1.53 bits per heavy atom. The van der Waals surface area contributed by atoms with Crippen LogP contribution in [0.1, 0.15) is 60.2 Å². The Hall–Kier alpha value is -3.10. The van der Waals surface area contributed by atoms with Crippen molar-refractivity contribution >= 4 is 11.9 Å². The molecule has 0 radical (unpaired) electrons. The molecular formula is C24H28O8. The zero-order valence-electron chi connectivity index (χ0n) is 18.3. The fourth-order valence-corrected chi connectivity index (χ4v) is 3.42. The summed E-state index contributed by atoms with van der Waals surface area (Å²) in [5, 5.41) is 0. The molecule has 0 bridgehead atoms. The Kier molecular flexibility index (Phi) is 8.89. The minimum atomic E-state index is -0.666. The van der Waals surface area contributed by atoms with E-state index in [0.717, 1.165) is 12.8 Å². The molecule has 2 aromatic rings. The summed E-state index contributed by atoms with van der Waals surface area (Å²) in [4.78, 5) is 45.9. The van der Waals surface area contributed by atoms with Gasteiger partial charge < -0.3 is 9.47 Å². The van der Waals surface area contributed by atoms with Crippen LogP contribution in [0.25, 0.3) is 0 Å². The number of hydrogen-bond donors (Lipinski definition) is 0. The van der Waals surface area contributed by atoms with E-state index in [2.05, 4.69) is 0 Å². The lowest BCUT2D eigenvalue weighted by Gasteiger charge is -2.28. The lowest BCUT2D eigenvalue weighted by atomic mass is 9.95. The van der Waals surface area contributed by atoms with Crippen molar-refractivity contribution in [1.82, 2.24) is 0 Å².